The summed E-state index contributed by atoms with van der Waals surface area (Å²) in [7, 11) is 1.61. The van der Waals surface area contributed by atoms with Crippen molar-refractivity contribution in [2.24, 2.45) is 5.41 Å². The van der Waals surface area contributed by atoms with Crippen molar-refractivity contribution in [3.8, 4) is 17.1 Å². The van der Waals surface area contributed by atoms with E-state index in [-0.39, 0.29) is 17.0 Å². The predicted octanol–water partition coefficient (Wildman–Crippen LogP) is 4.75. The van der Waals surface area contributed by atoms with Crippen LogP contribution >= 0.6 is 0 Å². The second kappa shape index (κ2) is 7.04. The molecule has 1 unspecified atom stereocenters. The maximum Gasteiger partial charge on any atom is 0.226 e. The lowest BCUT2D eigenvalue weighted by Crippen LogP contribution is -2.36. The number of nitrogens with zero attached hydrogens (tertiary/aromatic N) is 3. The van der Waals surface area contributed by atoms with Gasteiger partial charge in [-0.3, -0.25) is 4.79 Å². The van der Waals surface area contributed by atoms with Gasteiger partial charge in [-0.2, -0.15) is 4.98 Å². The van der Waals surface area contributed by atoms with E-state index in [1.807, 2.05) is 24.3 Å². The summed E-state index contributed by atoms with van der Waals surface area (Å²) in [5, 5.41) is 7.95. The van der Waals surface area contributed by atoms with E-state index in [2.05, 4.69) is 29.2 Å². The van der Waals surface area contributed by atoms with Crippen LogP contribution in [-0.2, 0) is 4.79 Å². The van der Waals surface area contributed by atoms with Crippen molar-refractivity contribution in [2.75, 3.05) is 12.4 Å². The number of ether oxygens (including phenoxy) is 1. The molecule has 158 valence electrons. The zero-order valence-electron chi connectivity index (χ0n) is 17.6. The van der Waals surface area contributed by atoms with Gasteiger partial charge in [-0.1, -0.05) is 38.1 Å². The SMILES string of the molecule is COc1cccc(C2C3=C(CC(C)(C)CC3=O)Nc3nc(-c4ccccc4F)nn32)c1. The minimum atomic E-state index is -0.460. The third-order valence-electron chi connectivity index (χ3n) is 5.86. The largest absolute Gasteiger partial charge is 0.497 e. The summed E-state index contributed by atoms with van der Waals surface area (Å²) in [4.78, 5) is 17.9. The first kappa shape index (κ1) is 19.5. The minimum Gasteiger partial charge on any atom is -0.497 e. The molecule has 1 N–H and O–H groups in total. The highest BCUT2D eigenvalue weighted by Gasteiger charge is 2.42. The fourth-order valence-electron chi connectivity index (χ4n) is 4.49. The maximum absolute atomic E-state index is 14.4. The smallest absolute Gasteiger partial charge is 0.226 e. The zero-order valence-corrected chi connectivity index (χ0v) is 17.6. The number of fused-ring (bicyclic) bond motifs is 1. The number of nitrogens with one attached hydrogen (secondary N) is 1. The molecule has 1 aromatic heterocycles. The Kier molecular flexibility index (Phi) is 4.43. The average Bonchev–Trinajstić information content (AvgIpc) is 3.15. The van der Waals surface area contributed by atoms with Gasteiger partial charge in [-0.25, -0.2) is 9.07 Å². The van der Waals surface area contributed by atoms with Gasteiger partial charge in [0.15, 0.2) is 11.6 Å². The van der Waals surface area contributed by atoms with E-state index < -0.39 is 11.9 Å². The maximum atomic E-state index is 14.4. The topological polar surface area (TPSA) is 69.0 Å². The molecule has 1 aliphatic heterocycles. The Morgan fingerprint density at radius 2 is 1.97 bits per heavy atom. The molecule has 2 aromatic carbocycles. The van der Waals surface area contributed by atoms with E-state index >= 15 is 0 Å². The van der Waals surface area contributed by atoms with Gasteiger partial charge >= 0.3 is 0 Å². The van der Waals surface area contributed by atoms with Gasteiger partial charge in [0.05, 0.1) is 12.7 Å². The quantitative estimate of drug-likeness (QED) is 0.665. The number of carbonyl (C=O) groups is 1. The molecule has 1 atom stereocenters. The molecule has 0 amide bonds. The summed E-state index contributed by atoms with van der Waals surface area (Å²) in [6, 6.07) is 13.6. The lowest BCUT2D eigenvalue weighted by Gasteiger charge is -2.38. The van der Waals surface area contributed by atoms with Gasteiger partial charge in [0.2, 0.25) is 5.95 Å². The summed E-state index contributed by atoms with van der Waals surface area (Å²) in [6.07, 6.45) is 1.18. The molecule has 2 aliphatic rings. The van der Waals surface area contributed by atoms with Crippen LogP contribution in [0.2, 0.25) is 0 Å². The average molecular weight is 418 g/mol. The molecule has 0 fully saturated rings. The lowest BCUT2D eigenvalue weighted by atomic mass is 9.73. The predicted molar refractivity (Wildman–Crippen MR) is 115 cm³/mol. The Bertz CT molecular complexity index is 1230. The van der Waals surface area contributed by atoms with Crippen LogP contribution in [0.25, 0.3) is 11.4 Å². The second-order valence-electron chi connectivity index (χ2n) is 8.82. The second-order valence-corrected chi connectivity index (χ2v) is 8.82. The van der Waals surface area contributed by atoms with Crippen molar-refractivity contribution in [3.63, 3.8) is 0 Å². The molecular weight excluding hydrogens is 395 g/mol. The monoisotopic (exact) mass is 418 g/mol. The van der Waals surface area contributed by atoms with Crippen molar-refractivity contribution in [1.82, 2.24) is 14.8 Å². The van der Waals surface area contributed by atoms with Crippen LogP contribution in [0.4, 0.5) is 10.3 Å². The highest BCUT2D eigenvalue weighted by molar-refractivity contribution is 6.00. The molecule has 5 rings (SSSR count). The highest BCUT2D eigenvalue weighted by Crippen LogP contribution is 2.46. The Hall–Kier alpha value is -3.48. The van der Waals surface area contributed by atoms with Crippen molar-refractivity contribution < 1.29 is 13.9 Å². The lowest BCUT2D eigenvalue weighted by molar-refractivity contribution is -0.118. The van der Waals surface area contributed by atoms with Crippen LogP contribution in [-0.4, -0.2) is 27.7 Å². The van der Waals surface area contributed by atoms with Crippen LogP contribution in [0.15, 0.2) is 59.8 Å². The van der Waals surface area contributed by atoms with Crippen LogP contribution in [0.5, 0.6) is 5.75 Å². The minimum absolute atomic E-state index is 0.0835. The van der Waals surface area contributed by atoms with Crippen molar-refractivity contribution in [2.45, 2.75) is 32.7 Å². The third-order valence-corrected chi connectivity index (χ3v) is 5.86. The molecule has 0 saturated carbocycles. The molecule has 0 radical (unpaired) electrons. The molecule has 31 heavy (non-hydrogen) atoms. The number of benzene rings is 2. The number of allylic oxidation sites excluding steroid dienone is 2. The Morgan fingerprint density at radius 3 is 2.74 bits per heavy atom. The molecule has 0 saturated heterocycles. The summed E-state index contributed by atoms with van der Waals surface area (Å²) in [5.41, 5.74) is 2.57. The molecule has 0 bridgehead atoms. The van der Waals surface area contributed by atoms with Crippen LogP contribution in [0, 0.1) is 11.2 Å². The van der Waals surface area contributed by atoms with E-state index in [4.69, 9.17) is 4.74 Å². The van der Waals surface area contributed by atoms with Gasteiger partial charge in [-0.15, -0.1) is 5.10 Å². The molecule has 1 aliphatic carbocycles. The fourth-order valence-corrected chi connectivity index (χ4v) is 4.49. The van der Waals surface area contributed by atoms with E-state index in [0.29, 0.717) is 29.3 Å². The van der Waals surface area contributed by atoms with Crippen LogP contribution in [0.3, 0.4) is 0 Å². The zero-order chi connectivity index (χ0) is 21.8. The highest BCUT2D eigenvalue weighted by atomic mass is 19.1. The summed E-state index contributed by atoms with van der Waals surface area (Å²) in [6.45, 7) is 4.17. The van der Waals surface area contributed by atoms with Gasteiger partial charge in [-0.05, 0) is 41.7 Å². The van der Waals surface area contributed by atoms with E-state index in [1.54, 1.807) is 30.0 Å². The van der Waals surface area contributed by atoms with Crippen LogP contribution in [0.1, 0.15) is 38.3 Å². The molecule has 0 spiro atoms. The number of methoxy groups -OCH3 is 1. The first-order valence-corrected chi connectivity index (χ1v) is 10.2. The number of anilines is 1. The normalized spacial score (nSPS) is 19.5. The van der Waals surface area contributed by atoms with Gasteiger partial charge in [0.25, 0.3) is 0 Å². The number of Topliss-reactive ketones (excluding diaryl/α,β-unsaturated/α-hetero) is 1. The van der Waals surface area contributed by atoms with E-state index in [9.17, 15) is 9.18 Å². The molecule has 3 aromatic rings. The first-order chi connectivity index (χ1) is 14.9. The number of halogens is 1. The fraction of sp³-hybridized carbons (Fsp3) is 0.292. The number of hydrogen-bond acceptors (Lipinski definition) is 5. The Morgan fingerprint density at radius 1 is 1.16 bits per heavy atom. The number of aromatic nitrogens is 3. The number of hydrogen-bond donors (Lipinski definition) is 1. The number of carbonyl (C=O) groups excluding carboxylic acids is 1. The summed E-state index contributed by atoms with van der Waals surface area (Å²) < 4.78 is 21.5. The van der Waals surface area contributed by atoms with Gasteiger partial charge in [0, 0.05) is 17.7 Å². The van der Waals surface area contributed by atoms with Gasteiger partial charge in [0.1, 0.15) is 17.6 Å². The molecular formula is C24H23FN4O2. The molecule has 7 heteroatoms. The molecule has 2 heterocycles. The number of rotatable bonds is 3. The van der Waals surface area contributed by atoms with Crippen LogP contribution < -0.4 is 10.1 Å². The summed E-state index contributed by atoms with van der Waals surface area (Å²) >= 11 is 0. The van der Waals surface area contributed by atoms with Gasteiger partial charge < -0.3 is 10.1 Å². The van der Waals surface area contributed by atoms with Crippen molar-refractivity contribution in [3.05, 3.63) is 71.2 Å². The van der Waals surface area contributed by atoms with Crippen molar-refractivity contribution in [1.29, 1.82) is 0 Å². The standard InChI is InChI=1S/C24H23FN4O2/c1-24(2)12-18-20(19(30)13-24)21(14-7-6-8-15(11-14)31-3)29-23(26-18)27-22(28-29)16-9-4-5-10-17(16)25/h4-11,21H,12-13H2,1-3H3,(H,26,27,28). The number of ketones is 1. The summed E-state index contributed by atoms with van der Waals surface area (Å²) in [5.74, 6) is 1.16. The molecule has 6 nitrogen and oxygen atoms in total. The van der Waals surface area contributed by atoms with E-state index in [1.165, 1.54) is 6.07 Å². The third kappa shape index (κ3) is 3.30. The van der Waals surface area contributed by atoms with E-state index in [0.717, 1.165) is 17.7 Å². The Balaban J connectivity index is 1.70. The Labute approximate surface area is 179 Å². The van der Waals surface area contributed by atoms with Crippen molar-refractivity contribution >= 4 is 11.7 Å². The first-order valence-electron chi connectivity index (χ1n) is 10.2.